The smallest absolute Gasteiger partial charge is 0.324 e. The molecule has 1 unspecified atom stereocenters. The third-order valence-electron chi connectivity index (χ3n) is 3.08. The molecular weight excluding hydrogens is 266 g/mol. The molecule has 1 fully saturated rings. The van der Waals surface area contributed by atoms with E-state index in [0.717, 1.165) is 19.3 Å². The summed E-state index contributed by atoms with van der Waals surface area (Å²) in [6.45, 7) is 4.39. The Labute approximate surface area is 116 Å². The first-order valence-corrected chi connectivity index (χ1v) is 7.44. The van der Waals surface area contributed by atoms with Crippen molar-refractivity contribution in [2.45, 2.75) is 49.8 Å². The molecule has 2 N–H and O–H groups in total. The van der Waals surface area contributed by atoms with Crippen LogP contribution in [0.1, 0.15) is 39.2 Å². The second-order valence-corrected chi connectivity index (χ2v) is 5.93. The van der Waals surface area contributed by atoms with Gasteiger partial charge in [0.2, 0.25) is 5.16 Å². The van der Waals surface area contributed by atoms with E-state index < -0.39 is 11.5 Å². The van der Waals surface area contributed by atoms with Crippen molar-refractivity contribution in [2.24, 2.45) is 0 Å². The standard InChI is InChI=1S/C11H19N5O2S/c1-3-6-12-11(2,9(17)18)7-19-10-13-14-15-16(10)8-4-5-8/h8,12H,3-7H2,1-2H3,(H,17,18). The van der Waals surface area contributed by atoms with Crippen molar-refractivity contribution in [1.29, 1.82) is 0 Å². The summed E-state index contributed by atoms with van der Waals surface area (Å²) in [4.78, 5) is 11.4. The molecule has 1 aliphatic rings. The Morgan fingerprint density at radius 2 is 2.37 bits per heavy atom. The van der Waals surface area contributed by atoms with Gasteiger partial charge in [0, 0.05) is 5.75 Å². The van der Waals surface area contributed by atoms with E-state index in [1.807, 2.05) is 6.92 Å². The SMILES string of the molecule is CCCNC(C)(CSc1nnnn1C1CC1)C(=O)O. The summed E-state index contributed by atoms with van der Waals surface area (Å²) >= 11 is 1.39. The Kier molecular flexibility index (Phi) is 4.41. The molecule has 1 atom stereocenters. The Hall–Kier alpha value is -1.15. The van der Waals surface area contributed by atoms with Gasteiger partial charge in [-0.1, -0.05) is 18.7 Å². The number of tetrazole rings is 1. The van der Waals surface area contributed by atoms with Crippen LogP contribution in [-0.4, -0.2) is 49.1 Å². The maximum Gasteiger partial charge on any atom is 0.324 e. The van der Waals surface area contributed by atoms with Gasteiger partial charge in [-0.25, -0.2) is 4.68 Å². The molecule has 19 heavy (non-hydrogen) atoms. The van der Waals surface area contributed by atoms with Crippen LogP contribution in [0.4, 0.5) is 0 Å². The first-order chi connectivity index (χ1) is 9.07. The molecule has 8 heteroatoms. The van der Waals surface area contributed by atoms with Crippen molar-refractivity contribution in [3.8, 4) is 0 Å². The van der Waals surface area contributed by atoms with Gasteiger partial charge in [-0.2, -0.15) is 0 Å². The molecule has 0 aliphatic heterocycles. The van der Waals surface area contributed by atoms with Crippen LogP contribution in [0, 0.1) is 0 Å². The average Bonchev–Trinajstić information content (AvgIpc) is 3.13. The fourth-order valence-electron chi connectivity index (χ4n) is 1.63. The highest BCUT2D eigenvalue weighted by Crippen LogP contribution is 2.36. The molecule has 0 aromatic carbocycles. The lowest BCUT2D eigenvalue weighted by atomic mass is 10.1. The molecule has 1 aromatic heterocycles. The fourth-order valence-corrected chi connectivity index (χ4v) is 2.68. The molecule has 7 nitrogen and oxygen atoms in total. The third kappa shape index (κ3) is 3.44. The zero-order chi connectivity index (χ0) is 13.9. The minimum absolute atomic E-state index is 0.398. The first-order valence-electron chi connectivity index (χ1n) is 6.46. The van der Waals surface area contributed by atoms with Crippen LogP contribution < -0.4 is 5.32 Å². The number of nitrogens with zero attached hydrogens (tertiary/aromatic N) is 4. The van der Waals surface area contributed by atoms with Gasteiger partial charge in [0.1, 0.15) is 5.54 Å². The highest BCUT2D eigenvalue weighted by atomic mass is 32.2. The van der Waals surface area contributed by atoms with Crippen molar-refractivity contribution in [1.82, 2.24) is 25.5 Å². The number of hydrogen-bond donors (Lipinski definition) is 2. The zero-order valence-electron chi connectivity index (χ0n) is 11.2. The predicted molar refractivity (Wildman–Crippen MR) is 71.1 cm³/mol. The summed E-state index contributed by atoms with van der Waals surface area (Å²) in [6.07, 6.45) is 3.10. The molecule has 0 spiro atoms. The second-order valence-electron chi connectivity index (χ2n) is 4.99. The number of hydrogen-bond acceptors (Lipinski definition) is 6. The molecule has 1 saturated carbocycles. The van der Waals surface area contributed by atoms with Gasteiger partial charge in [0.05, 0.1) is 6.04 Å². The Morgan fingerprint density at radius 3 is 2.95 bits per heavy atom. The number of carboxylic acid groups (broad SMARTS) is 1. The highest BCUT2D eigenvalue weighted by molar-refractivity contribution is 7.99. The molecule has 106 valence electrons. The Bertz CT molecular complexity index is 448. The lowest BCUT2D eigenvalue weighted by Crippen LogP contribution is -2.52. The minimum Gasteiger partial charge on any atom is -0.480 e. The lowest BCUT2D eigenvalue weighted by Gasteiger charge is -2.25. The van der Waals surface area contributed by atoms with Gasteiger partial charge in [-0.15, -0.1) is 5.10 Å². The molecule has 1 aliphatic carbocycles. The van der Waals surface area contributed by atoms with E-state index in [-0.39, 0.29) is 0 Å². The first kappa shape index (κ1) is 14.3. The lowest BCUT2D eigenvalue weighted by molar-refractivity contribution is -0.143. The summed E-state index contributed by atoms with van der Waals surface area (Å²) in [5.74, 6) is -0.450. The minimum atomic E-state index is -0.957. The van der Waals surface area contributed by atoms with Crippen LogP contribution >= 0.6 is 11.8 Å². The van der Waals surface area contributed by atoms with Gasteiger partial charge in [0.15, 0.2) is 0 Å². The van der Waals surface area contributed by atoms with Crippen LogP contribution in [-0.2, 0) is 4.79 Å². The van der Waals surface area contributed by atoms with Gasteiger partial charge < -0.3 is 10.4 Å². The molecule has 0 amide bonds. The number of carboxylic acids is 1. The molecule has 0 bridgehead atoms. The van der Waals surface area contributed by atoms with Crippen LogP contribution in [0.15, 0.2) is 5.16 Å². The quantitative estimate of drug-likeness (QED) is 0.687. The van der Waals surface area contributed by atoms with E-state index in [9.17, 15) is 9.90 Å². The van der Waals surface area contributed by atoms with E-state index in [4.69, 9.17) is 0 Å². The average molecular weight is 285 g/mol. The van der Waals surface area contributed by atoms with Gasteiger partial charge >= 0.3 is 5.97 Å². The molecule has 2 rings (SSSR count). The summed E-state index contributed by atoms with van der Waals surface area (Å²) in [5, 5.41) is 24.7. The van der Waals surface area contributed by atoms with Crippen LogP contribution in [0.5, 0.6) is 0 Å². The van der Waals surface area contributed by atoms with E-state index in [1.165, 1.54) is 11.8 Å². The molecule has 1 aromatic rings. The van der Waals surface area contributed by atoms with Crippen LogP contribution in [0.25, 0.3) is 0 Å². The van der Waals surface area contributed by atoms with Crippen molar-refractivity contribution >= 4 is 17.7 Å². The van der Waals surface area contributed by atoms with Gasteiger partial charge in [-0.05, 0) is 43.2 Å². The summed E-state index contributed by atoms with van der Waals surface area (Å²) in [6, 6.07) is 0.400. The van der Waals surface area contributed by atoms with E-state index in [0.29, 0.717) is 23.5 Å². The number of aliphatic carboxylic acids is 1. The largest absolute Gasteiger partial charge is 0.480 e. The molecule has 1 heterocycles. The highest BCUT2D eigenvalue weighted by Gasteiger charge is 2.34. The number of thioether (sulfide) groups is 1. The fraction of sp³-hybridized carbons (Fsp3) is 0.818. The van der Waals surface area contributed by atoms with Crippen molar-refractivity contribution in [3.05, 3.63) is 0 Å². The Morgan fingerprint density at radius 1 is 1.63 bits per heavy atom. The third-order valence-corrected chi connectivity index (χ3v) is 4.33. The van der Waals surface area contributed by atoms with Crippen LogP contribution in [0.2, 0.25) is 0 Å². The topological polar surface area (TPSA) is 92.9 Å². The Balaban J connectivity index is 1.97. The monoisotopic (exact) mass is 285 g/mol. The number of rotatable bonds is 8. The number of nitrogens with one attached hydrogen (secondary N) is 1. The summed E-state index contributed by atoms with van der Waals surface area (Å²) in [5.41, 5.74) is -0.957. The van der Waals surface area contributed by atoms with Gasteiger partial charge in [-0.3, -0.25) is 4.79 Å². The summed E-state index contributed by atoms with van der Waals surface area (Å²) < 4.78 is 1.80. The van der Waals surface area contributed by atoms with Crippen molar-refractivity contribution < 1.29 is 9.90 Å². The molecule has 0 saturated heterocycles. The van der Waals surface area contributed by atoms with E-state index in [1.54, 1.807) is 11.6 Å². The zero-order valence-corrected chi connectivity index (χ0v) is 12.0. The maximum absolute atomic E-state index is 11.4. The van der Waals surface area contributed by atoms with Crippen LogP contribution in [0.3, 0.4) is 0 Å². The predicted octanol–water partition coefficient (Wildman–Crippen LogP) is 0.943. The maximum atomic E-state index is 11.4. The molecule has 0 radical (unpaired) electrons. The van der Waals surface area contributed by atoms with Gasteiger partial charge in [0.25, 0.3) is 0 Å². The van der Waals surface area contributed by atoms with Crippen molar-refractivity contribution in [2.75, 3.05) is 12.3 Å². The van der Waals surface area contributed by atoms with E-state index >= 15 is 0 Å². The van der Waals surface area contributed by atoms with Crippen molar-refractivity contribution in [3.63, 3.8) is 0 Å². The number of carbonyl (C=O) groups is 1. The molecular formula is C11H19N5O2S. The summed E-state index contributed by atoms with van der Waals surface area (Å²) in [7, 11) is 0. The normalized spacial score (nSPS) is 18.2. The van der Waals surface area contributed by atoms with E-state index in [2.05, 4.69) is 20.8 Å². The number of aromatic nitrogens is 4. The second kappa shape index (κ2) is 5.87.